The zero-order valence-electron chi connectivity index (χ0n) is 10.7. The van der Waals surface area contributed by atoms with E-state index in [1.807, 2.05) is 4.90 Å². The fourth-order valence-electron chi connectivity index (χ4n) is 3.56. The summed E-state index contributed by atoms with van der Waals surface area (Å²) >= 11 is 0. The highest BCUT2D eigenvalue weighted by Crippen LogP contribution is 2.62. The van der Waals surface area contributed by atoms with Gasteiger partial charge in [-0.3, -0.25) is 4.79 Å². The van der Waals surface area contributed by atoms with E-state index in [0.717, 1.165) is 13.1 Å². The maximum absolute atomic E-state index is 12.4. The molecule has 2 saturated heterocycles. The highest BCUT2D eigenvalue weighted by molar-refractivity contribution is 5.86. The van der Waals surface area contributed by atoms with E-state index >= 15 is 0 Å². The molecular formula is C13H22N2O2. The Bertz CT molecular complexity index is 333. The number of nitrogens with two attached hydrogens (primary N) is 1. The molecule has 0 aromatic carbocycles. The molecule has 2 heterocycles. The van der Waals surface area contributed by atoms with Crippen LogP contribution in [0.4, 0.5) is 0 Å². The Morgan fingerprint density at radius 2 is 1.76 bits per heavy atom. The Hall–Kier alpha value is -0.610. The van der Waals surface area contributed by atoms with Crippen LogP contribution in [-0.4, -0.2) is 42.6 Å². The predicted octanol–water partition coefficient (Wildman–Crippen LogP) is 0.609. The van der Waals surface area contributed by atoms with Crippen molar-refractivity contribution in [2.45, 2.75) is 32.2 Å². The summed E-state index contributed by atoms with van der Waals surface area (Å²) in [5.74, 6) is 1.56. The lowest BCUT2D eigenvalue weighted by atomic mass is 9.89. The number of carbonyl (C=O) groups excluding carboxylic acids is 1. The van der Waals surface area contributed by atoms with Crippen LogP contribution in [0.1, 0.15) is 26.7 Å². The third kappa shape index (κ3) is 1.61. The van der Waals surface area contributed by atoms with Crippen molar-refractivity contribution in [1.29, 1.82) is 0 Å². The molecule has 3 aliphatic rings. The number of hydrogen-bond acceptors (Lipinski definition) is 3. The van der Waals surface area contributed by atoms with Crippen molar-refractivity contribution in [3.8, 4) is 0 Å². The standard InChI is InChI=1S/C13H22N2O2/c1-12(2)9-7-15(8-10(9)12)11(16)13(14)3-5-17-6-4-13/h9-10H,3-8,14H2,1-2H3. The van der Waals surface area contributed by atoms with Crippen LogP contribution < -0.4 is 5.73 Å². The molecular weight excluding hydrogens is 216 g/mol. The van der Waals surface area contributed by atoms with Gasteiger partial charge in [-0.1, -0.05) is 13.8 Å². The third-order valence-corrected chi connectivity index (χ3v) is 5.22. The molecule has 1 amide bonds. The molecule has 1 saturated carbocycles. The van der Waals surface area contributed by atoms with Crippen LogP contribution in [0.3, 0.4) is 0 Å². The molecule has 3 rings (SSSR count). The Labute approximate surface area is 102 Å². The van der Waals surface area contributed by atoms with Gasteiger partial charge in [0.05, 0.1) is 5.54 Å². The maximum atomic E-state index is 12.4. The van der Waals surface area contributed by atoms with Crippen LogP contribution in [0.15, 0.2) is 0 Å². The Morgan fingerprint density at radius 3 is 2.29 bits per heavy atom. The topological polar surface area (TPSA) is 55.6 Å². The van der Waals surface area contributed by atoms with Crippen LogP contribution in [-0.2, 0) is 9.53 Å². The molecule has 17 heavy (non-hydrogen) atoms. The number of hydrogen-bond donors (Lipinski definition) is 1. The first-order valence-corrected chi connectivity index (χ1v) is 6.61. The van der Waals surface area contributed by atoms with Gasteiger partial charge in [0.15, 0.2) is 0 Å². The maximum Gasteiger partial charge on any atom is 0.242 e. The molecule has 0 radical (unpaired) electrons. The average molecular weight is 238 g/mol. The lowest BCUT2D eigenvalue weighted by Gasteiger charge is -2.36. The molecule has 3 fully saturated rings. The van der Waals surface area contributed by atoms with Gasteiger partial charge >= 0.3 is 0 Å². The highest BCUT2D eigenvalue weighted by atomic mass is 16.5. The number of amides is 1. The molecule has 2 N–H and O–H groups in total. The van der Waals surface area contributed by atoms with E-state index in [0.29, 0.717) is 43.3 Å². The van der Waals surface area contributed by atoms with Crippen LogP contribution in [0.25, 0.3) is 0 Å². The summed E-state index contributed by atoms with van der Waals surface area (Å²) in [7, 11) is 0. The van der Waals surface area contributed by atoms with Gasteiger partial charge in [-0.15, -0.1) is 0 Å². The van der Waals surface area contributed by atoms with E-state index in [9.17, 15) is 4.79 Å². The summed E-state index contributed by atoms with van der Waals surface area (Å²) in [6.07, 6.45) is 1.34. The minimum absolute atomic E-state index is 0.156. The third-order valence-electron chi connectivity index (χ3n) is 5.22. The summed E-state index contributed by atoms with van der Waals surface area (Å²) in [5.41, 5.74) is 6.04. The molecule has 4 heteroatoms. The molecule has 1 aliphatic carbocycles. The largest absolute Gasteiger partial charge is 0.381 e. The number of fused-ring (bicyclic) bond motifs is 1. The fraction of sp³-hybridized carbons (Fsp3) is 0.923. The van der Waals surface area contributed by atoms with Gasteiger partial charge in [-0.2, -0.15) is 0 Å². The van der Waals surface area contributed by atoms with Crippen molar-refractivity contribution in [1.82, 2.24) is 4.90 Å². The second kappa shape index (κ2) is 3.45. The van der Waals surface area contributed by atoms with E-state index in [1.165, 1.54) is 0 Å². The van der Waals surface area contributed by atoms with Gasteiger partial charge in [-0.25, -0.2) is 0 Å². The monoisotopic (exact) mass is 238 g/mol. The minimum atomic E-state index is -0.654. The SMILES string of the molecule is CC1(C)C2CN(C(=O)C3(N)CCOCC3)CC21. The zero-order chi connectivity index (χ0) is 12.3. The van der Waals surface area contributed by atoms with Crippen LogP contribution in [0.5, 0.6) is 0 Å². The number of ether oxygens (including phenoxy) is 1. The summed E-state index contributed by atoms with van der Waals surface area (Å²) in [4.78, 5) is 14.4. The van der Waals surface area contributed by atoms with Gasteiger partial charge in [0.1, 0.15) is 0 Å². The fourth-order valence-corrected chi connectivity index (χ4v) is 3.56. The highest BCUT2D eigenvalue weighted by Gasteiger charge is 2.63. The van der Waals surface area contributed by atoms with E-state index in [4.69, 9.17) is 10.5 Å². The normalized spacial score (nSPS) is 37.7. The number of likely N-dealkylation sites (tertiary alicyclic amines) is 1. The van der Waals surface area contributed by atoms with Crippen molar-refractivity contribution in [3.05, 3.63) is 0 Å². The van der Waals surface area contributed by atoms with Crippen LogP contribution in [0.2, 0.25) is 0 Å². The number of carbonyl (C=O) groups is 1. The molecule has 0 spiro atoms. The summed E-state index contributed by atoms with van der Waals surface area (Å²) < 4.78 is 5.29. The minimum Gasteiger partial charge on any atom is -0.381 e. The summed E-state index contributed by atoms with van der Waals surface area (Å²) in [6, 6.07) is 0. The summed E-state index contributed by atoms with van der Waals surface area (Å²) in [5, 5.41) is 0. The van der Waals surface area contributed by atoms with E-state index in [2.05, 4.69) is 13.8 Å². The first-order chi connectivity index (χ1) is 7.95. The first-order valence-electron chi connectivity index (χ1n) is 6.61. The van der Waals surface area contributed by atoms with Crippen molar-refractivity contribution >= 4 is 5.91 Å². The van der Waals surface area contributed by atoms with Crippen LogP contribution in [0, 0.1) is 17.3 Å². The van der Waals surface area contributed by atoms with Gasteiger partial charge in [-0.05, 0) is 30.1 Å². The van der Waals surface area contributed by atoms with Crippen molar-refractivity contribution in [2.24, 2.45) is 23.0 Å². The molecule has 0 aromatic rings. The van der Waals surface area contributed by atoms with E-state index in [1.54, 1.807) is 0 Å². The van der Waals surface area contributed by atoms with Crippen molar-refractivity contribution < 1.29 is 9.53 Å². The van der Waals surface area contributed by atoms with Crippen molar-refractivity contribution in [2.75, 3.05) is 26.3 Å². The predicted molar refractivity (Wildman–Crippen MR) is 64.3 cm³/mol. The van der Waals surface area contributed by atoms with Gasteiger partial charge in [0.25, 0.3) is 0 Å². The number of piperidine rings is 1. The van der Waals surface area contributed by atoms with Crippen LogP contribution >= 0.6 is 0 Å². The molecule has 2 unspecified atom stereocenters. The van der Waals surface area contributed by atoms with E-state index < -0.39 is 5.54 Å². The number of rotatable bonds is 1. The molecule has 0 bridgehead atoms. The zero-order valence-corrected chi connectivity index (χ0v) is 10.7. The summed E-state index contributed by atoms with van der Waals surface area (Å²) in [6.45, 7) is 7.67. The Morgan fingerprint density at radius 1 is 1.24 bits per heavy atom. The van der Waals surface area contributed by atoms with Gasteiger partial charge in [0.2, 0.25) is 5.91 Å². The molecule has 0 aromatic heterocycles. The lowest BCUT2D eigenvalue weighted by molar-refractivity contribution is -0.140. The lowest BCUT2D eigenvalue weighted by Crippen LogP contribution is -2.58. The number of nitrogens with zero attached hydrogens (tertiary/aromatic N) is 1. The van der Waals surface area contributed by atoms with Gasteiger partial charge in [0, 0.05) is 26.3 Å². The average Bonchev–Trinajstić information content (AvgIpc) is 2.70. The smallest absolute Gasteiger partial charge is 0.242 e. The second-order valence-electron chi connectivity index (χ2n) is 6.51. The Kier molecular flexibility index (Phi) is 2.33. The molecule has 96 valence electrons. The van der Waals surface area contributed by atoms with E-state index in [-0.39, 0.29) is 5.91 Å². The first kappa shape index (κ1) is 11.5. The van der Waals surface area contributed by atoms with Gasteiger partial charge < -0.3 is 15.4 Å². The quantitative estimate of drug-likeness (QED) is 0.728. The second-order valence-corrected chi connectivity index (χ2v) is 6.51. The van der Waals surface area contributed by atoms with Crippen molar-refractivity contribution in [3.63, 3.8) is 0 Å². The molecule has 2 atom stereocenters. The molecule has 2 aliphatic heterocycles. The molecule has 4 nitrogen and oxygen atoms in total. The Balaban J connectivity index is 1.65.